The third-order valence-electron chi connectivity index (χ3n) is 9.38. The molecule has 0 aliphatic heterocycles. The first-order chi connectivity index (χ1) is 24.0. The van der Waals surface area contributed by atoms with Gasteiger partial charge in [0.25, 0.3) is 0 Å². The number of benzene rings is 3. The molecule has 262 valence electrons. The molecule has 1 aliphatic rings. The summed E-state index contributed by atoms with van der Waals surface area (Å²) in [6.07, 6.45) is 3.13. The van der Waals surface area contributed by atoms with Gasteiger partial charge in [-0.05, 0) is 44.4 Å². The van der Waals surface area contributed by atoms with Crippen molar-refractivity contribution < 1.29 is 24.1 Å². The van der Waals surface area contributed by atoms with E-state index < -0.39 is 5.41 Å². The number of pyridine rings is 1. The minimum absolute atomic E-state index is 0.216. The van der Waals surface area contributed by atoms with Gasteiger partial charge in [-0.25, -0.2) is 9.67 Å². The Bertz CT molecular complexity index is 2000. The molecule has 5 aromatic rings. The number of aromatic nitrogens is 3. The molecule has 0 unspecified atom stereocenters. The molecule has 0 saturated heterocycles. The summed E-state index contributed by atoms with van der Waals surface area (Å²) in [4.78, 5) is 16.6. The number of methoxy groups -OCH3 is 3. The van der Waals surface area contributed by atoms with Crippen LogP contribution in [0.4, 0.5) is 0 Å². The Hall–Kier alpha value is -4.68. The Morgan fingerprint density at radius 1 is 0.980 bits per heavy atom. The van der Waals surface area contributed by atoms with Gasteiger partial charge in [-0.3, -0.25) is 4.79 Å². The largest absolute Gasteiger partial charge is 0.496 e. The Labute approximate surface area is 296 Å². The van der Waals surface area contributed by atoms with Crippen molar-refractivity contribution in [2.24, 2.45) is 11.1 Å². The van der Waals surface area contributed by atoms with E-state index in [1.807, 2.05) is 71.5 Å². The Balaban J connectivity index is 1.31. The molecular formula is C38H43ClN6O5. The van der Waals surface area contributed by atoms with Gasteiger partial charge in [0, 0.05) is 59.9 Å². The number of hydrogen-bond donors (Lipinski definition) is 4. The molecule has 5 N–H and O–H groups in total. The third kappa shape index (κ3) is 6.99. The smallest absolute Gasteiger partial charge is 0.224 e. The highest BCUT2D eigenvalue weighted by molar-refractivity contribution is 6.36. The summed E-state index contributed by atoms with van der Waals surface area (Å²) < 4.78 is 19.1. The average Bonchev–Trinajstić information content (AvgIpc) is 3.54. The van der Waals surface area contributed by atoms with Gasteiger partial charge < -0.3 is 35.7 Å². The molecule has 0 radical (unpaired) electrons. The van der Waals surface area contributed by atoms with Crippen LogP contribution >= 0.6 is 11.6 Å². The van der Waals surface area contributed by atoms with Gasteiger partial charge in [0.15, 0.2) is 0 Å². The highest BCUT2D eigenvalue weighted by atomic mass is 35.5. The lowest BCUT2D eigenvalue weighted by molar-refractivity contribution is -0.125. The summed E-state index contributed by atoms with van der Waals surface area (Å²) >= 11 is 7.16. The molecule has 1 amide bonds. The molecule has 2 heterocycles. The first-order valence-corrected chi connectivity index (χ1v) is 16.9. The number of nitrogens with two attached hydrogens (primary N) is 1. The van der Waals surface area contributed by atoms with Gasteiger partial charge in [-0.15, -0.1) is 0 Å². The Kier molecular flexibility index (Phi) is 10.3. The molecule has 1 fully saturated rings. The van der Waals surface area contributed by atoms with Crippen molar-refractivity contribution in [2.45, 2.75) is 51.9 Å². The molecule has 50 heavy (non-hydrogen) atoms. The molecule has 2 aromatic heterocycles. The number of aliphatic hydroxyl groups is 1. The molecule has 3 aromatic carbocycles. The number of halogens is 1. The SMILES string of the molecule is COc1cc(-n2ncc3c(-c4cccc(-c5ccc(CNC6CC(O)C6)c(OC)n5)c4Cl)cccc32)cc(OC)c1CNCC(C)(C)C(N)=O. The number of rotatable bonds is 14. The second-order valence-corrected chi connectivity index (χ2v) is 13.6. The Morgan fingerprint density at radius 2 is 1.66 bits per heavy atom. The van der Waals surface area contributed by atoms with E-state index in [1.54, 1.807) is 35.2 Å². The van der Waals surface area contributed by atoms with Crippen LogP contribution in [0.25, 0.3) is 39.0 Å². The highest BCUT2D eigenvalue weighted by Gasteiger charge is 2.27. The van der Waals surface area contributed by atoms with Gasteiger partial charge in [0.2, 0.25) is 11.8 Å². The number of carbonyl (C=O) groups excluding carboxylic acids is 1. The van der Waals surface area contributed by atoms with E-state index in [0.717, 1.165) is 57.2 Å². The van der Waals surface area contributed by atoms with E-state index in [0.29, 0.717) is 53.8 Å². The van der Waals surface area contributed by atoms with Crippen molar-refractivity contribution in [3.8, 4) is 45.5 Å². The molecule has 0 atom stereocenters. The first kappa shape index (κ1) is 35.2. The zero-order valence-electron chi connectivity index (χ0n) is 28.9. The predicted octanol–water partition coefficient (Wildman–Crippen LogP) is 5.65. The van der Waals surface area contributed by atoms with Gasteiger partial charge in [-0.2, -0.15) is 5.10 Å². The van der Waals surface area contributed by atoms with Crippen LogP contribution in [0.3, 0.4) is 0 Å². The van der Waals surface area contributed by atoms with Gasteiger partial charge >= 0.3 is 0 Å². The number of carbonyl (C=O) groups is 1. The third-order valence-corrected chi connectivity index (χ3v) is 9.79. The average molecular weight is 699 g/mol. The molecule has 6 rings (SSSR count). The topological polar surface area (TPSA) is 146 Å². The van der Waals surface area contributed by atoms with Crippen LogP contribution < -0.4 is 30.6 Å². The summed E-state index contributed by atoms with van der Waals surface area (Å²) in [5.41, 5.74) is 11.5. The molecule has 0 spiro atoms. The number of fused-ring (bicyclic) bond motifs is 1. The van der Waals surface area contributed by atoms with E-state index in [2.05, 4.69) is 10.6 Å². The van der Waals surface area contributed by atoms with Gasteiger partial charge in [0.1, 0.15) is 11.5 Å². The summed E-state index contributed by atoms with van der Waals surface area (Å²) in [7, 11) is 4.84. The second kappa shape index (κ2) is 14.7. The molecular weight excluding hydrogens is 656 g/mol. The van der Waals surface area contributed by atoms with E-state index >= 15 is 0 Å². The quantitative estimate of drug-likeness (QED) is 0.116. The van der Waals surface area contributed by atoms with Crippen molar-refractivity contribution >= 4 is 28.4 Å². The standard InChI is InChI=1S/C38H43ClN6O5/c1-38(2,37(40)47)21-41-19-30-33(48-3)16-24(17-34(30)49-4)45-32-11-7-8-26(29(32)20-43-45)27-9-6-10-28(35(27)39)31-13-12-22(36(44-31)50-5)18-42-23-14-25(46)15-23/h6-13,16-17,20,23,25,41-42,46H,14-15,18-19,21H2,1-5H3,(H2,40,47). The number of nitrogens with zero attached hydrogens (tertiary/aromatic N) is 3. The number of aliphatic hydroxyl groups excluding tert-OH is 1. The fourth-order valence-electron chi connectivity index (χ4n) is 6.22. The summed E-state index contributed by atoms with van der Waals surface area (Å²) in [5, 5.41) is 22.6. The predicted molar refractivity (Wildman–Crippen MR) is 195 cm³/mol. The van der Waals surface area contributed by atoms with Crippen LogP contribution in [-0.4, -0.2) is 65.8 Å². The maximum absolute atomic E-state index is 11.8. The monoisotopic (exact) mass is 698 g/mol. The lowest BCUT2D eigenvalue weighted by Crippen LogP contribution is -2.43. The van der Waals surface area contributed by atoms with Gasteiger partial charge in [-0.1, -0.05) is 48.0 Å². The van der Waals surface area contributed by atoms with Crippen molar-refractivity contribution in [2.75, 3.05) is 27.9 Å². The summed E-state index contributed by atoms with van der Waals surface area (Å²) in [6, 6.07) is 20.0. The fourth-order valence-corrected chi connectivity index (χ4v) is 6.55. The normalized spacial score (nSPS) is 15.9. The Morgan fingerprint density at radius 3 is 2.32 bits per heavy atom. The second-order valence-electron chi connectivity index (χ2n) is 13.2. The summed E-state index contributed by atoms with van der Waals surface area (Å²) in [5.74, 6) is 1.39. The zero-order chi connectivity index (χ0) is 35.6. The van der Waals surface area contributed by atoms with Crippen LogP contribution in [0.15, 0.2) is 66.9 Å². The van der Waals surface area contributed by atoms with Crippen molar-refractivity contribution in [3.05, 3.63) is 83.0 Å². The van der Waals surface area contributed by atoms with Crippen LogP contribution in [-0.2, 0) is 17.9 Å². The van der Waals surface area contributed by atoms with Crippen LogP contribution in [0, 0.1) is 5.41 Å². The highest BCUT2D eigenvalue weighted by Crippen LogP contribution is 2.40. The number of primary amides is 1. The maximum Gasteiger partial charge on any atom is 0.224 e. The van der Waals surface area contributed by atoms with E-state index in [4.69, 9.17) is 41.6 Å². The number of amides is 1. The number of ether oxygens (including phenoxy) is 3. The number of nitrogens with one attached hydrogen (secondary N) is 2. The van der Waals surface area contributed by atoms with Crippen LogP contribution in [0.1, 0.15) is 37.8 Å². The van der Waals surface area contributed by atoms with E-state index in [1.165, 1.54) is 0 Å². The maximum atomic E-state index is 11.8. The van der Waals surface area contributed by atoms with Crippen LogP contribution in [0.5, 0.6) is 17.4 Å². The minimum atomic E-state index is -0.707. The zero-order valence-corrected chi connectivity index (χ0v) is 29.7. The van der Waals surface area contributed by atoms with Crippen molar-refractivity contribution in [1.29, 1.82) is 0 Å². The van der Waals surface area contributed by atoms with E-state index in [-0.39, 0.29) is 12.0 Å². The summed E-state index contributed by atoms with van der Waals surface area (Å²) in [6.45, 7) is 5.00. The van der Waals surface area contributed by atoms with E-state index in [9.17, 15) is 9.90 Å². The lowest BCUT2D eigenvalue weighted by atomic mass is 9.89. The van der Waals surface area contributed by atoms with Gasteiger partial charge in [0.05, 0.1) is 66.5 Å². The van der Waals surface area contributed by atoms with Crippen molar-refractivity contribution in [3.63, 3.8) is 0 Å². The number of hydrogen-bond acceptors (Lipinski definition) is 9. The van der Waals surface area contributed by atoms with Crippen molar-refractivity contribution in [1.82, 2.24) is 25.4 Å². The van der Waals surface area contributed by atoms with Crippen LogP contribution in [0.2, 0.25) is 5.02 Å². The molecule has 11 nitrogen and oxygen atoms in total. The fraction of sp³-hybridized carbons (Fsp3) is 0.342. The molecule has 1 saturated carbocycles. The molecule has 1 aliphatic carbocycles. The minimum Gasteiger partial charge on any atom is -0.496 e. The molecule has 12 heteroatoms. The first-order valence-electron chi connectivity index (χ1n) is 16.5. The molecule has 0 bridgehead atoms. The lowest BCUT2D eigenvalue weighted by Gasteiger charge is -2.32.